The van der Waals surface area contributed by atoms with Crippen molar-refractivity contribution in [2.75, 3.05) is 13.1 Å². The minimum atomic E-state index is -0.642. The molecule has 8 heteroatoms. The molecule has 0 aliphatic carbocycles. The first-order valence-electron chi connectivity index (χ1n) is 8.44. The number of rotatable bonds is 2. The molecule has 2 aliphatic heterocycles. The number of aromatic nitrogens is 3. The molecule has 4 heterocycles. The number of hydrogen-bond acceptors (Lipinski definition) is 6. The van der Waals surface area contributed by atoms with Crippen molar-refractivity contribution in [3.05, 3.63) is 41.6 Å². The van der Waals surface area contributed by atoms with Crippen molar-refractivity contribution in [1.82, 2.24) is 20.0 Å². The molecule has 4 rings (SSSR count). The smallest absolute Gasteiger partial charge is 0.255 e. The van der Waals surface area contributed by atoms with Crippen molar-refractivity contribution in [2.45, 2.75) is 44.3 Å². The van der Waals surface area contributed by atoms with Crippen molar-refractivity contribution in [1.29, 1.82) is 0 Å². The van der Waals surface area contributed by atoms with Gasteiger partial charge in [0.2, 0.25) is 5.95 Å². The summed E-state index contributed by atoms with van der Waals surface area (Å²) in [5.74, 6) is 0.319. The summed E-state index contributed by atoms with van der Waals surface area (Å²) in [4.78, 5) is 22.0. The summed E-state index contributed by atoms with van der Waals surface area (Å²) in [5.41, 5.74) is 0.0860. The Morgan fingerprint density at radius 2 is 2.16 bits per heavy atom. The Labute approximate surface area is 144 Å². The number of pyridine rings is 1. The van der Waals surface area contributed by atoms with E-state index < -0.39 is 5.95 Å². The molecule has 0 saturated carbocycles. The average Bonchev–Trinajstić information content (AvgIpc) is 3.22. The lowest BCUT2D eigenvalue weighted by Crippen LogP contribution is -2.46. The molecule has 25 heavy (non-hydrogen) atoms. The van der Waals surface area contributed by atoms with Crippen LogP contribution in [0.3, 0.4) is 0 Å². The molecule has 2 aromatic rings. The van der Waals surface area contributed by atoms with E-state index in [1.807, 2.05) is 0 Å². The summed E-state index contributed by atoms with van der Waals surface area (Å²) >= 11 is 0. The number of carbonyl (C=O) groups excluding carboxylic acids is 1. The van der Waals surface area contributed by atoms with E-state index in [1.165, 1.54) is 18.3 Å². The van der Waals surface area contributed by atoms with Gasteiger partial charge in [-0.15, -0.1) is 0 Å². The van der Waals surface area contributed by atoms with Crippen molar-refractivity contribution in [2.24, 2.45) is 0 Å². The fourth-order valence-corrected chi connectivity index (χ4v) is 3.63. The maximum absolute atomic E-state index is 13.2. The topological polar surface area (TPSA) is 81.4 Å². The highest BCUT2D eigenvalue weighted by Gasteiger charge is 2.45. The summed E-state index contributed by atoms with van der Waals surface area (Å²) in [6.07, 6.45) is 4.38. The summed E-state index contributed by atoms with van der Waals surface area (Å²) in [6.45, 7) is 2.94. The fourth-order valence-electron chi connectivity index (χ4n) is 3.63. The molecular formula is C17H19FN4O3. The third kappa shape index (κ3) is 3.13. The van der Waals surface area contributed by atoms with Crippen molar-refractivity contribution in [3.63, 3.8) is 0 Å². The zero-order valence-corrected chi connectivity index (χ0v) is 13.9. The molecule has 2 aliphatic rings. The number of piperidine rings is 1. The fraction of sp³-hybridized carbons (Fsp3) is 0.529. The van der Waals surface area contributed by atoms with E-state index in [1.54, 1.807) is 11.8 Å². The van der Waals surface area contributed by atoms with Crippen molar-refractivity contribution < 1.29 is 18.4 Å². The van der Waals surface area contributed by atoms with Crippen molar-refractivity contribution >= 4 is 5.91 Å². The van der Waals surface area contributed by atoms with Crippen LogP contribution in [-0.4, -0.2) is 44.6 Å². The van der Waals surface area contributed by atoms with Crippen LogP contribution in [0.2, 0.25) is 0 Å². The largest absolute Gasteiger partial charge is 0.362 e. The lowest BCUT2D eigenvalue weighted by atomic mass is 9.88. The predicted molar refractivity (Wildman–Crippen MR) is 84.2 cm³/mol. The summed E-state index contributed by atoms with van der Waals surface area (Å²) in [7, 11) is 0. The first-order valence-corrected chi connectivity index (χ1v) is 8.44. The molecule has 2 aromatic heterocycles. The van der Waals surface area contributed by atoms with E-state index in [0.717, 1.165) is 25.7 Å². The van der Waals surface area contributed by atoms with Gasteiger partial charge in [-0.2, -0.15) is 9.37 Å². The Balaban J connectivity index is 1.39. The second-order valence-electron chi connectivity index (χ2n) is 6.67. The minimum absolute atomic E-state index is 0.168. The molecule has 7 nitrogen and oxygen atoms in total. The third-order valence-electron chi connectivity index (χ3n) is 5.01. The quantitative estimate of drug-likeness (QED) is 0.777. The van der Waals surface area contributed by atoms with Gasteiger partial charge in [-0.1, -0.05) is 5.16 Å². The molecule has 2 fully saturated rings. The SMILES string of the molecule is Cc1noc(C2CCC3(CCN(C(=O)c4ccnc(F)c4)CC3)O2)n1. The lowest BCUT2D eigenvalue weighted by Gasteiger charge is -2.39. The van der Waals surface area contributed by atoms with Gasteiger partial charge < -0.3 is 14.2 Å². The summed E-state index contributed by atoms with van der Waals surface area (Å²) in [6, 6.07) is 2.71. The Morgan fingerprint density at radius 1 is 1.36 bits per heavy atom. The number of amides is 1. The molecule has 1 atom stereocenters. The molecule has 0 radical (unpaired) electrons. The maximum atomic E-state index is 13.2. The number of nitrogens with zero attached hydrogens (tertiary/aromatic N) is 4. The number of hydrogen-bond donors (Lipinski definition) is 0. The van der Waals surface area contributed by atoms with Crippen LogP contribution in [-0.2, 0) is 4.74 Å². The normalized spacial score (nSPS) is 22.5. The van der Waals surface area contributed by atoms with Crippen LogP contribution < -0.4 is 0 Å². The zero-order chi connectivity index (χ0) is 17.4. The van der Waals surface area contributed by atoms with E-state index in [9.17, 15) is 9.18 Å². The van der Waals surface area contributed by atoms with Crippen LogP contribution in [0.1, 0.15) is 53.9 Å². The van der Waals surface area contributed by atoms with E-state index >= 15 is 0 Å². The van der Waals surface area contributed by atoms with Gasteiger partial charge in [-0.05, 0) is 38.7 Å². The second kappa shape index (κ2) is 6.18. The van der Waals surface area contributed by atoms with Crippen LogP contribution in [0.4, 0.5) is 4.39 Å². The number of carbonyl (C=O) groups is 1. The van der Waals surface area contributed by atoms with Crippen LogP contribution in [0, 0.1) is 12.9 Å². The Kier molecular flexibility index (Phi) is 3.99. The monoisotopic (exact) mass is 346 g/mol. The van der Waals surface area contributed by atoms with Gasteiger partial charge in [-0.25, -0.2) is 4.98 Å². The predicted octanol–water partition coefficient (Wildman–Crippen LogP) is 2.44. The Bertz CT molecular complexity index is 786. The van der Waals surface area contributed by atoms with Crippen molar-refractivity contribution in [3.8, 4) is 0 Å². The second-order valence-corrected chi connectivity index (χ2v) is 6.67. The Hall–Kier alpha value is -2.35. The first kappa shape index (κ1) is 16.1. The van der Waals surface area contributed by atoms with Gasteiger partial charge in [0.25, 0.3) is 11.8 Å². The molecule has 1 unspecified atom stereocenters. The highest BCUT2D eigenvalue weighted by Crippen LogP contribution is 2.44. The van der Waals surface area contributed by atoms with Gasteiger partial charge in [0.15, 0.2) is 5.82 Å². The standard InChI is InChI=1S/C17H19FN4O3/c1-11-20-15(25-21-11)13-2-4-17(24-13)5-8-22(9-6-17)16(23)12-3-7-19-14(18)10-12/h3,7,10,13H,2,4-6,8-9H2,1H3. The van der Waals surface area contributed by atoms with Crippen LogP contribution >= 0.6 is 0 Å². The van der Waals surface area contributed by atoms with E-state index in [2.05, 4.69) is 15.1 Å². The maximum Gasteiger partial charge on any atom is 0.255 e. The van der Waals surface area contributed by atoms with Gasteiger partial charge in [0.05, 0.1) is 5.60 Å². The van der Waals surface area contributed by atoms with Gasteiger partial charge in [-0.3, -0.25) is 4.79 Å². The molecule has 1 amide bonds. The van der Waals surface area contributed by atoms with Crippen LogP contribution in [0.15, 0.2) is 22.9 Å². The van der Waals surface area contributed by atoms with Gasteiger partial charge >= 0.3 is 0 Å². The molecule has 0 aromatic carbocycles. The number of halogens is 1. The average molecular weight is 346 g/mol. The number of likely N-dealkylation sites (tertiary alicyclic amines) is 1. The zero-order valence-electron chi connectivity index (χ0n) is 13.9. The molecular weight excluding hydrogens is 327 g/mol. The Morgan fingerprint density at radius 3 is 2.84 bits per heavy atom. The highest BCUT2D eigenvalue weighted by molar-refractivity contribution is 5.94. The van der Waals surface area contributed by atoms with Gasteiger partial charge in [0.1, 0.15) is 6.10 Å². The number of ether oxygens (including phenoxy) is 1. The summed E-state index contributed by atoms with van der Waals surface area (Å²) < 4.78 is 24.7. The first-order chi connectivity index (χ1) is 12.0. The van der Waals surface area contributed by atoms with Crippen LogP contribution in [0.25, 0.3) is 0 Å². The molecule has 1 spiro atoms. The van der Waals surface area contributed by atoms with E-state index in [4.69, 9.17) is 9.26 Å². The molecule has 0 bridgehead atoms. The lowest BCUT2D eigenvalue weighted by molar-refractivity contribution is -0.0820. The van der Waals surface area contributed by atoms with Gasteiger partial charge in [0, 0.05) is 30.9 Å². The molecule has 0 N–H and O–H groups in total. The molecule has 132 valence electrons. The number of aryl methyl sites for hydroxylation is 1. The minimum Gasteiger partial charge on any atom is -0.362 e. The highest BCUT2D eigenvalue weighted by atomic mass is 19.1. The molecule has 2 saturated heterocycles. The van der Waals surface area contributed by atoms with Crippen LogP contribution in [0.5, 0.6) is 0 Å². The summed E-state index contributed by atoms with van der Waals surface area (Å²) in [5, 5.41) is 3.82. The van der Waals surface area contributed by atoms with E-state index in [0.29, 0.717) is 30.4 Å². The third-order valence-corrected chi connectivity index (χ3v) is 5.01. The van der Waals surface area contributed by atoms with E-state index in [-0.39, 0.29) is 17.6 Å².